The van der Waals surface area contributed by atoms with Gasteiger partial charge in [-0.3, -0.25) is 19.6 Å². The lowest BCUT2D eigenvalue weighted by atomic mass is 10.00. The molecule has 0 amide bonds. The zero-order valence-corrected chi connectivity index (χ0v) is 19.1. The molecule has 1 saturated carbocycles. The van der Waals surface area contributed by atoms with Crippen LogP contribution in [-0.2, 0) is 21.1 Å². The number of carbonyl (C=O) groups excluding carboxylic acids is 2. The van der Waals surface area contributed by atoms with Gasteiger partial charge in [0.2, 0.25) is 0 Å². The van der Waals surface area contributed by atoms with E-state index in [1.807, 2.05) is 36.4 Å². The number of Topliss-reactive ketones (excluding diaryl/α,β-unsaturated/α-hetero) is 2. The van der Waals surface area contributed by atoms with Crippen LogP contribution in [0, 0.1) is 5.92 Å². The molecule has 0 aliphatic heterocycles. The first-order valence-electron chi connectivity index (χ1n) is 11.0. The molecule has 1 aliphatic carbocycles. The van der Waals surface area contributed by atoms with Gasteiger partial charge < -0.3 is 0 Å². The Balaban J connectivity index is 0.00000289. The van der Waals surface area contributed by atoms with Gasteiger partial charge in [0.1, 0.15) is 11.5 Å². The summed E-state index contributed by atoms with van der Waals surface area (Å²) < 4.78 is 24.9. The molecule has 2 aromatic carbocycles. The monoisotopic (exact) mass is 486 g/mol. The Morgan fingerprint density at radius 2 is 1.66 bits per heavy atom. The van der Waals surface area contributed by atoms with Crippen molar-refractivity contribution in [3.8, 4) is 0 Å². The Bertz CT molecular complexity index is 1480. The van der Waals surface area contributed by atoms with Crippen molar-refractivity contribution in [2.75, 3.05) is 5.75 Å². The van der Waals surface area contributed by atoms with Crippen molar-refractivity contribution in [3.05, 3.63) is 102 Å². The summed E-state index contributed by atoms with van der Waals surface area (Å²) >= 11 is 0. The third kappa shape index (κ3) is 5.35. The number of rotatable bonds is 8. The van der Waals surface area contributed by atoms with Gasteiger partial charge in [-0.2, -0.15) is 0 Å². The van der Waals surface area contributed by atoms with Gasteiger partial charge in [-0.25, -0.2) is 8.42 Å². The molecule has 1 fully saturated rings. The van der Waals surface area contributed by atoms with Crippen LogP contribution in [0.25, 0.3) is 10.8 Å². The van der Waals surface area contributed by atoms with E-state index in [2.05, 4.69) is 9.97 Å². The second-order valence-corrected chi connectivity index (χ2v) is 10.6. The Morgan fingerprint density at radius 3 is 2.40 bits per heavy atom. The van der Waals surface area contributed by atoms with Gasteiger partial charge in [0.05, 0.1) is 4.90 Å². The van der Waals surface area contributed by atoms with Crippen LogP contribution < -0.4 is 0 Å². The number of hydrogen-bond acceptors (Lipinski definition) is 6. The van der Waals surface area contributed by atoms with Crippen LogP contribution in [0.5, 0.6) is 0 Å². The van der Waals surface area contributed by atoms with Crippen LogP contribution in [-0.4, -0.2) is 35.7 Å². The second kappa shape index (κ2) is 9.88. The fourth-order valence-corrected chi connectivity index (χ4v) is 5.47. The molecule has 0 unspecified atom stereocenters. The fraction of sp³-hybridized carbons (Fsp3) is 0.214. The van der Waals surface area contributed by atoms with E-state index in [4.69, 9.17) is 0 Å². The Labute approximate surface area is 205 Å². The summed E-state index contributed by atoms with van der Waals surface area (Å²) in [6.07, 6.45) is 7.45. The lowest BCUT2D eigenvalue weighted by Gasteiger charge is -2.06. The highest BCUT2D eigenvalue weighted by atomic mass is 32.2. The fourth-order valence-electron chi connectivity index (χ4n) is 4.28. The topological polar surface area (TPSA) is 94.1 Å². The molecule has 2 heterocycles. The van der Waals surface area contributed by atoms with Crippen LogP contribution in [0.15, 0.2) is 90.3 Å². The van der Waals surface area contributed by atoms with Crippen molar-refractivity contribution >= 4 is 32.2 Å². The molecule has 5 rings (SSSR count). The van der Waals surface area contributed by atoms with E-state index in [1.165, 1.54) is 24.5 Å². The first kappa shape index (κ1) is 24.4. The first-order valence-corrected chi connectivity index (χ1v) is 12.7. The number of pyridine rings is 2. The van der Waals surface area contributed by atoms with E-state index < -0.39 is 21.4 Å². The number of nitrogens with zero attached hydrogens (tertiary/aromatic N) is 2. The minimum atomic E-state index is -3.75. The van der Waals surface area contributed by atoms with Crippen LogP contribution in [0.4, 0.5) is 0 Å². The number of carbonyl (C=O) groups is 2. The molecule has 178 valence electrons. The van der Waals surface area contributed by atoms with Gasteiger partial charge in [-0.15, -0.1) is 0 Å². The highest BCUT2D eigenvalue weighted by Gasteiger charge is 2.43. The summed E-state index contributed by atoms with van der Waals surface area (Å²) in [5.41, 5.74) is 2.32. The molecule has 35 heavy (non-hydrogen) atoms. The van der Waals surface area contributed by atoms with Crippen molar-refractivity contribution in [2.45, 2.75) is 31.1 Å². The summed E-state index contributed by atoms with van der Waals surface area (Å²) in [5.74, 6) is -0.753. The van der Waals surface area contributed by atoms with E-state index in [0.717, 1.165) is 28.3 Å². The molecule has 1 aliphatic rings. The molecule has 0 bridgehead atoms. The van der Waals surface area contributed by atoms with Gasteiger partial charge in [0.25, 0.3) is 0 Å². The molecule has 0 saturated heterocycles. The second-order valence-electron chi connectivity index (χ2n) is 8.64. The Hall–Kier alpha value is -3.71. The predicted octanol–water partition coefficient (Wildman–Crippen LogP) is 4.84. The summed E-state index contributed by atoms with van der Waals surface area (Å²) in [4.78, 5) is 33.3. The normalized spacial score (nSPS) is 16.9. The third-order valence-corrected chi connectivity index (χ3v) is 7.86. The molecule has 4 aromatic rings. The van der Waals surface area contributed by atoms with Crippen molar-refractivity contribution in [3.63, 3.8) is 0 Å². The van der Waals surface area contributed by atoms with E-state index >= 15 is 0 Å². The molecular weight excluding hydrogens is 460 g/mol. The summed E-state index contributed by atoms with van der Waals surface area (Å²) in [6, 6.07) is 17.8. The summed E-state index contributed by atoms with van der Waals surface area (Å²) in [6.45, 7) is 0. The average molecular weight is 487 g/mol. The highest BCUT2D eigenvalue weighted by molar-refractivity contribution is 7.92. The number of benzene rings is 2. The van der Waals surface area contributed by atoms with E-state index in [1.54, 1.807) is 24.5 Å². The lowest BCUT2D eigenvalue weighted by Crippen LogP contribution is -2.16. The van der Waals surface area contributed by atoms with Crippen LogP contribution in [0.1, 0.15) is 41.3 Å². The smallest absolute Gasteiger partial charge is 0.187 e. The lowest BCUT2D eigenvalue weighted by molar-refractivity contribution is -0.119. The Kier molecular flexibility index (Phi) is 6.89. The minimum absolute atomic E-state index is 0. The first-order chi connectivity index (χ1) is 16.4. The zero-order valence-electron chi connectivity index (χ0n) is 18.3. The van der Waals surface area contributed by atoms with E-state index in [0.29, 0.717) is 12.0 Å². The van der Waals surface area contributed by atoms with Gasteiger partial charge in [0, 0.05) is 48.1 Å². The molecule has 7 heteroatoms. The van der Waals surface area contributed by atoms with Gasteiger partial charge in [0.15, 0.2) is 15.6 Å². The standard InChI is InChI=1S/C27H22N2O4S.CH4/c30-26(13-18-3-4-22-15-29-11-9-21(22)12-18)25-14-24(25)19-5-7-20(8-6-19)27(31)17-34(32,33)23-2-1-10-28-16-23;/h1-12,15-16,24-25H,13-14,17H2;1H4/t24-,25+;/m0./s1. The van der Waals surface area contributed by atoms with Crippen molar-refractivity contribution < 1.29 is 18.0 Å². The van der Waals surface area contributed by atoms with Crippen molar-refractivity contribution in [1.82, 2.24) is 9.97 Å². The SMILES string of the molecule is C.O=C(CS(=O)(=O)c1cccnc1)c1ccc([C@@H]2C[C@H]2C(=O)Cc2ccc3cnccc3c2)cc1. The van der Waals surface area contributed by atoms with Crippen molar-refractivity contribution in [2.24, 2.45) is 5.92 Å². The number of ketones is 2. The molecular formula is C28H26N2O4S. The maximum absolute atomic E-state index is 12.8. The third-order valence-electron chi connectivity index (χ3n) is 6.26. The van der Waals surface area contributed by atoms with Crippen molar-refractivity contribution in [1.29, 1.82) is 0 Å². The van der Waals surface area contributed by atoms with Crippen LogP contribution >= 0.6 is 0 Å². The average Bonchev–Trinajstić information content (AvgIpc) is 3.66. The van der Waals surface area contributed by atoms with Gasteiger partial charge in [-0.05, 0) is 47.1 Å². The molecule has 0 spiro atoms. The number of fused-ring (bicyclic) bond motifs is 1. The number of aromatic nitrogens is 2. The highest BCUT2D eigenvalue weighted by Crippen LogP contribution is 2.48. The predicted molar refractivity (Wildman–Crippen MR) is 135 cm³/mol. The zero-order chi connectivity index (χ0) is 23.7. The molecule has 0 N–H and O–H groups in total. The van der Waals surface area contributed by atoms with Crippen LogP contribution in [0.3, 0.4) is 0 Å². The van der Waals surface area contributed by atoms with E-state index in [-0.39, 0.29) is 29.9 Å². The molecule has 2 aromatic heterocycles. The maximum Gasteiger partial charge on any atom is 0.187 e. The molecule has 6 nitrogen and oxygen atoms in total. The summed E-state index contributed by atoms with van der Waals surface area (Å²) in [7, 11) is -3.75. The molecule has 2 atom stereocenters. The number of sulfone groups is 1. The van der Waals surface area contributed by atoms with Crippen LogP contribution in [0.2, 0.25) is 0 Å². The number of hydrogen-bond donors (Lipinski definition) is 0. The quantitative estimate of drug-likeness (QED) is 0.331. The van der Waals surface area contributed by atoms with E-state index in [9.17, 15) is 18.0 Å². The Morgan fingerprint density at radius 1 is 0.886 bits per heavy atom. The van der Waals surface area contributed by atoms with Gasteiger partial charge in [-0.1, -0.05) is 49.9 Å². The largest absolute Gasteiger partial charge is 0.299 e. The summed E-state index contributed by atoms with van der Waals surface area (Å²) in [5, 5.41) is 2.12. The maximum atomic E-state index is 12.8. The minimum Gasteiger partial charge on any atom is -0.299 e. The van der Waals surface area contributed by atoms with Gasteiger partial charge >= 0.3 is 0 Å². The molecule has 0 radical (unpaired) electrons.